The minimum atomic E-state index is -0.783. The maximum absolute atomic E-state index is 13.7. The van der Waals surface area contributed by atoms with Crippen molar-refractivity contribution in [1.29, 1.82) is 0 Å². The van der Waals surface area contributed by atoms with E-state index < -0.39 is 11.9 Å². The smallest absolute Gasteiger partial charge is 0.132 e. The zero-order valence-electron chi connectivity index (χ0n) is 11.7. The van der Waals surface area contributed by atoms with Crippen LogP contribution in [-0.4, -0.2) is 11.2 Å². The first-order chi connectivity index (χ1) is 9.10. The van der Waals surface area contributed by atoms with Crippen molar-refractivity contribution in [1.82, 2.24) is 0 Å². The van der Waals surface area contributed by atoms with Crippen LogP contribution in [0.4, 0.5) is 4.39 Å². The Morgan fingerprint density at radius 3 is 2.53 bits per heavy atom. The van der Waals surface area contributed by atoms with Gasteiger partial charge in [0.1, 0.15) is 11.6 Å². The number of benzene rings is 1. The lowest BCUT2D eigenvalue weighted by Crippen LogP contribution is -2.23. The molecule has 0 aliphatic heterocycles. The standard InChI is InChI=1S/C16H23FO2/c1-3-12-4-6-13(7-5-12)19-14-8-9-15(11(2)18)16(17)10-14/h8-13,18H,3-7H2,1-2H3/t11-,12?,13?/m1/s1. The Morgan fingerprint density at radius 2 is 2.00 bits per heavy atom. The first-order valence-corrected chi connectivity index (χ1v) is 7.24. The van der Waals surface area contributed by atoms with E-state index in [4.69, 9.17) is 4.74 Å². The summed E-state index contributed by atoms with van der Waals surface area (Å²) in [6.45, 7) is 3.79. The van der Waals surface area contributed by atoms with Gasteiger partial charge in [-0.1, -0.05) is 13.3 Å². The van der Waals surface area contributed by atoms with E-state index in [1.165, 1.54) is 25.3 Å². The molecule has 0 radical (unpaired) electrons. The minimum absolute atomic E-state index is 0.208. The summed E-state index contributed by atoms with van der Waals surface area (Å²) >= 11 is 0. The summed E-state index contributed by atoms with van der Waals surface area (Å²) in [5, 5.41) is 9.39. The van der Waals surface area contributed by atoms with Gasteiger partial charge in [-0.25, -0.2) is 4.39 Å². The second-order valence-electron chi connectivity index (χ2n) is 5.53. The van der Waals surface area contributed by atoms with Crippen LogP contribution in [0.25, 0.3) is 0 Å². The summed E-state index contributed by atoms with van der Waals surface area (Å²) in [6.07, 6.45) is 5.18. The molecule has 1 saturated carbocycles. The van der Waals surface area contributed by atoms with Gasteiger partial charge in [0, 0.05) is 11.6 Å². The molecule has 1 atom stereocenters. The summed E-state index contributed by atoms with van der Waals surface area (Å²) < 4.78 is 19.6. The van der Waals surface area contributed by atoms with Crippen molar-refractivity contribution in [2.45, 2.75) is 58.2 Å². The van der Waals surface area contributed by atoms with E-state index in [2.05, 4.69) is 6.92 Å². The second-order valence-corrected chi connectivity index (χ2v) is 5.53. The molecular formula is C16H23FO2. The van der Waals surface area contributed by atoms with Crippen molar-refractivity contribution in [3.63, 3.8) is 0 Å². The van der Waals surface area contributed by atoms with Crippen LogP contribution in [0.2, 0.25) is 0 Å². The minimum Gasteiger partial charge on any atom is -0.490 e. The molecule has 0 bridgehead atoms. The van der Waals surface area contributed by atoms with Crippen LogP contribution >= 0.6 is 0 Å². The highest BCUT2D eigenvalue weighted by atomic mass is 19.1. The van der Waals surface area contributed by atoms with Gasteiger partial charge in [-0.15, -0.1) is 0 Å². The van der Waals surface area contributed by atoms with Crippen LogP contribution < -0.4 is 4.74 Å². The number of hydrogen-bond acceptors (Lipinski definition) is 2. The summed E-state index contributed by atoms with van der Waals surface area (Å²) in [5.74, 6) is 1.01. The van der Waals surface area contributed by atoms with E-state index in [1.54, 1.807) is 19.1 Å². The third-order valence-electron chi connectivity index (χ3n) is 4.10. The van der Waals surface area contributed by atoms with Crippen molar-refractivity contribution in [2.75, 3.05) is 0 Å². The van der Waals surface area contributed by atoms with Crippen molar-refractivity contribution in [2.24, 2.45) is 5.92 Å². The van der Waals surface area contributed by atoms with Gasteiger partial charge >= 0.3 is 0 Å². The van der Waals surface area contributed by atoms with E-state index in [0.29, 0.717) is 11.3 Å². The molecule has 106 valence electrons. The Labute approximate surface area is 114 Å². The lowest BCUT2D eigenvalue weighted by Gasteiger charge is -2.28. The molecule has 0 saturated heterocycles. The first kappa shape index (κ1) is 14.3. The molecule has 0 unspecified atom stereocenters. The molecule has 1 aliphatic rings. The fraction of sp³-hybridized carbons (Fsp3) is 0.625. The van der Waals surface area contributed by atoms with Gasteiger partial charge in [0.05, 0.1) is 12.2 Å². The van der Waals surface area contributed by atoms with Crippen LogP contribution in [0.1, 0.15) is 57.6 Å². The SMILES string of the molecule is CCC1CCC(Oc2ccc([C@@H](C)O)c(F)c2)CC1. The Kier molecular flexibility index (Phi) is 4.81. The summed E-state index contributed by atoms with van der Waals surface area (Å²) in [4.78, 5) is 0. The Bertz CT molecular complexity index is 409. The fourth-order valence-corrected chi connectivity index (χ4v) is 2.77. The second kappa shape index (κ2) is 6.38. The van der Waals surface area contributed by atoms with E-state index in [0.717, 1.165) is 18.8 Å². The maximum atomic E-state index is 13.7. The van der Waals surface area contributed by atoms with Gasteiger partial charge < -0.3 is 9.84 Å². The van der Waals surface area contributed by atoms with E-state index in [-0.39, 0.29) is 6.10 Å². The zero-order chi connectivity index (χ0) is 13.8. The van der Waals surface area contributed by atoms with Gasteiger partial charge in [0.2, 0.25) is 0 Å². The summed E-state index contributed by atoms with van der Waals surface area (Å²) in [6, 6.07) is 4.73. The van der Waals surface area contributed by atoms with Crippen LogP contribution in [-0.2, 0) is 0 Å². The molecule has 1 aromatic carbocycles. The van der Waals surface area contributed by atoms with Crippen molar-refractivity contribution in [3.05, 3.63) is 29.6 Å². The summed E-state index contributed by atoms with van der Waals surface area (Å²) in [5.41, 5.74) is 0.321. The molecular weight excluding hydrogens is 243 g/mol. The molecule has 2 rings (SSSR count). The molecule has 1 N–H and O–H groups in total. The number of hydrogen-bond donors (Lipinski definition) is 1. The van der Waals surface area contributed by atoms with Crippen LogP contribution in [0.3, 0.4) is 0 Å². The quantitative estimate of drug-likeness (QED) is 0.883. The predicted octanol–water partition coefficient (Wildman–Crippen LogP) is 4.23. The number of halogens is 1. The maximum Gasteiger partial charge on any atom is 0.132 e. The fourth-order valence-electron chi connectivity index (χ4n) is 2.77. The van der Waals surface area contributed by atoms with Crippen molar-refractivity contribution >= 4 is 0 Å². The lowest BCUT2D eigenvalue weighted by molar-refractivity contribution is 0.129. The highest BCUT2D eigenvalue weighted by molar-refractivity contribution is 5.30. The molecule has 0 amide bonds. The lowest BCUT2D eigenvalue weighted by atomic mass is 9.86. The van der Waals surface area contributed by atoms with E-state index in [1.807, 2.05) is 0 Å². The highest BCUT2D eigenvalue weighted by Crippen LogP contribution is 2.30. The molecule has 1 aliphatic carbocycles. The monoisotopic (exact) mass is 266 g/mol. The van der Waals surface area contributed by atoms with Crippen molar-refractivity contribution < 1.29 is 14.2 Å². The molecule has 1 fully saturated rings. The Balaban J connectivity index is 1.95. The third-order valence-corrected chi connectivity index (χ3v) is 4.10. The molecule has 19 heavy (non-hydrogen) atoms. The number of aliphatic hydroxyl groups excluding tert-OH is 1. The van der Waals surface area contributed by atoms with Crippen molar-refractivity contribution in [3.8, 4) is 5.75 Å². The largest absolute Gasteiger partial charge is 0.490 e. The molecule has 0 spiro atoms. The predicted molar refractivity (Wildman–Crippen MR) is 73.7 cm³/mol. The first-order valence-electron chi connectivity index (χ1n) is 7.24. The van der Waals surface area contributed by atoms with Gasteiger partial charge in [0.25, 0.3) is 0 Å². The van der Waals surface area contributed by atoms with Gasteiger partial charge in [-0.2, -0.15) is 0 Å². The number of ether oxygens (including phenoxy) is 1. The van der Waals surface area contributed by atoms with E-state index in [9.17, 15) is 9.50 Å². The molecule has 3 heteroatoms. The van der Waals surface area contributed by atoms with Crippen LogP contribution in [0, 0.1) is 11.7 Å². The highest BCUT2D eigenvalue weighted by Gasteiger charge is 2.21. The molecule has 0 aromatic heterocycles. The Morgan fingerprint density at radius 1 is 1.32 bits per heavy atom. The summed E-state index contributed by atoms with van der Waals surface area (Å²) in [7, 11) is 0. The Hall–Kier alpha value is -1.09. The number of rotatable bonds is 4. The molecule has 2 nitrogen and oxygen atoms in total. The molecule has 0 heterocycles. The van der Waals surface area contributed by atoms with Crippen LogP contribution in [0.5, 0.6) is 5.75 Å². The average Bonchev–Trinajstić information content (AvgIpc) is 2.39. The van der Waals surface area contributed by atoms with Gasteiger partial charge in [-0.05, 0) is 50.7 Å². The number of aliphatic hydroxyl groups is 1. The normalized spacial score (nSPS) is 25.1. The van der Waals surface area contributed by atoms with E-state index >= 15 is 0 Å². The third kappa shape index (κ3) is 3.69. The van der Waals surface area contributed by atoms with Gasteiger partial charge in [-0.3, -0.25) is 0 Å². The molecule has 1 aromatic rings. The average molecular weight is 266 g/mol. The van der Waals surface area contributed by atoms with Gasteiger partial charge in [0.15, 0.2) is 0 Å². The zero-order valence-corrected chi connectivity index (χ0v) is 11.7. The topological polar surface area (TPSA) is 29.5 Å². The van der Waals surface area contributed by atoms with Crippen LogP contribution in [0.15, 0.2) is 18.2 Å².